The van der Waals surface area contributed by atoms with Gasteiger partial charge in [0.15, 0.2) is 5.96 Å². The van der Waals surface area contributed by atoms with Crippen molar-refractivity contribution in [1.29, 1.82) is 0 Å². The first-order valence-corrected chi connectivity index (χ1v) is 10.8. The van der Waals surface area contributed by atoms with Crippen molar-refractivity contribution in [1.82, 2.24) is 14.9 Å². The molecule has 172 valence electrons. The number of ether oxygens (including phenoxy) is 1. The lowest BCUT2D eigenvalue weighted by atomic mass is 10.2. The lowest BCUT2D eigenvalue weighted by Crippen LogP contribution is -2.38. The van der Waals surface area contributed by atoms with Crippen LogP contribution in [0.3, 0.4) is 0 Å². The summed E-state index contributed by atoms with van der Waals surface area (Å²) >= 11 is 0. The van der Waals surface area contributed by atoms with E-state index in [-0.39, 0.29) is 34.6 Å². The second-order valence-corrected chi connectivity index (χ2v) is 8.29. The molecule has 0 amide bonds. The number of aliphatic imine (C=N–C) groups is 1. The van der Waals surface area contributed by atoms with E-state index in [1.165, 1.54) is 25.2 Å². The molecule has 0 spiro atoms. The maximum atomic E-state index is 12.3. The fourth-order valence-electron chi connectivity index (χ4n) is 2.69. The molecule has 0 atom stereocenters. The summed E-state index contributed by atoms with van der Waals surface area (Å²) in [7, 11) is -0.300. The summed E-state index contributed by atoms with van der Waals surface area (Å²) in [6, 6.07) is 13.0. The van der Waals surface area contributed by atoms with Gasteiger partial charge in [-0.2, -0.15) is 8.78 Å². The third-order valence-electron chi connectivity index (χ3n) is 4.15. The zero-order valence-corrected chi connectivity index (χ0v) is 20.7. The fraction of sp³-hybridized carbons (Fsp3) is 0.350. The number of guanidine groups is 1. The van der Waals surface area contributed by atoms with Gasteiger partial charge >= 0.3 is 6.61 Å². The summed E-state index contributed by atoms with van der Waals surface area (Å²) in [6.45, 7) is 0.529. The molecule has 0 fully saturated rings. The van der Waals surface area contributed by atoms with Gasteiger partial charge in [-0.25, -0.2) is 18.1 Å². The summed E-state index contributed by atoms with van der Waals surface area (Å²) in [6.07, 6.45) is 0. The van der Waals surface area contributed by atoms with Gasteiger partial charge in [-0.3, -0.25) is 0 Å². The quantitative estimate of drug-likeness (QED) is 0.276. The molecular weight excluding hydrogens is 541 g/mol. The third kappa shape index (κ3) is 8.57. The van der Waals surface area contributed by atoms with E-state index in [0.29, 0.717) is 25.6 Å². The number of alkyl halides is 2. The van der Waals surface area contributed by atoms with Gasteiger partial charge in [-0.1, -0.05) is 24.3 Å². The van der Waals surface area contributed by atoms with Crippen molar-refractivity contribution in [2.45, 2.75) is 31.5 Å². The minimum atomic E-state index is -3.52. The SMILES string of the molecule is CCNC(=NCc1cccc(S(=O)(=O)NC)c1)N(C)Cc1ccc(OC(F)F)cc1.I. The molecule has 0 unspecified atom stereocenters. The van der Waals surface area contributed by atoms with Crippen LogP contribution in [0, 0.1) is 0 Å². The Bertz CT molecular complexity index is 957. The first-order valence-electron chi connectivity index (χ1n) is 9.31. The average Bonchev–Trinajstić information content (AvgIpc) is 2.72. The molecule has 2 aromatic rings. The van der Waals surface area contributed by atoms with Crippen LogP contribution in [0.1, 0.15) is 18.1 Å². The molecule has 0 heterocycles. The van der Waals surface area contributed by atoms with Crippen molar-refractivity contribution >= 4 is 40.0 Å². The maximum absolute atomic E-state index is 12.3. The molecular formula is C20H27F2IN4O3S. The lowest BCUT2D eigenvalue weighted by molar-refractivity contribution is -0.0498. The molecule has 0 aliphatic carbocycles. The normalized spacial score (nSPS) is 11.7. The number of nitrogens with one attached hydrogen (secondary N) is 2. The summed E-state index contributed by atoms with van der Waals surface area (Å²) < 4.78 is 55.1. The summed E-state index contributed by atoms with van der Waals surface area (Å²) in [5.74, 6) is 0.737. The van der Waals surface area contributed by atoms with Gasteiger partial charge in [0.1, 0.15) is 5.75 Å². The Labute approximate surface area is 199 Å². The summed E-state index contributed by atoms with van der Waals surface area (Å²) in [5, 5.41) is 3.19. The van der Waals surface area contributed by atoms with Crippen LogP contribution in [0.4, 0.5) is 8.78 Å². The molecule has 0 aliphatic heterocycles. The Hall–Kier alpha value is -1.99. The lowest BCUT2D eigenvalue weighted by Gasteiger charge is -2.22. The Balaban J connectivity index is 0.00000480. The van der Waals surface area contributed by atoms with E-state index in [1.807, 2.05) is 24.9 Å². The second kappa shape index (κ2) is 12.8. The van der Waals surface area contributed by atoms with Crippen LogP contribution in [0.5, 0.6) is 5.75 Å². The Morgan fingerprint density at radius 2 is 1.84 bits per heavy atom. The van der Waals surface area contributed by atoms with Crippen molar-refractivity contribution < 1.29 is 21.9 Å². The Kier molecular flexibility index (Phi) is 11.1. The van der Waals surface area contributed by atoms with Crippen LogP contribution < -0.4 is 14.8 Å². The van der Waals surface area contributed by atoms with Crippen LogP contribution >= 0.6 is 24.0 Å². The Morgan fingerprint density at radius 3 is 2.42 bits per heavy atom. The molecule has 0 saturated carbocycles. The molecule has 11 heteroatoms. The van der Waals surface area contributed by atoms with Crippen LogP contribution in [0.25, 0.3) is 0 Å². The first-order chi connectivity index (χ1) is 14.2. The van der Waals surface area contributed by atoms with Gasteiger partial charge in [0, 0.05) is 20.1 Å². The second-order valence-electron chi connectivity index (χ2n) is 6.40. The highest BCUT2D eigenvalue weighted by atomic mass is 127. The van der Waals surface area contributed by atoms with Crippen molar-refractivity contribution in [2.75, 3.05) is 20.6 Å². The standard InChI is InChI=1S/C20H26F2N4O3S.HI/c1-4-24-20(25-13-16-6-5-7-18(12-16)30(27,28)23-2)26(3)14-15-8-10-17(11-9-15)29-19(21)22;/h5-12,19,23H,4,13-14H2,1-3H3,(H,24,25);1H. The minimum Gasteiger partial charge on any atom is -0.435 e. The van der Waals surface area contributed by atoms with Gasteiger partial charge in [0.2, 0.25) is 10.0 Å². The number of sulfonamides is 1. The third-order valence-corrected chi connectivity index (χ3v) is 5.57. The highest BCUT2D eigenvalue weighted by Crippen LogP contribution is 2.16. The fourth-order valence-corrected chi connectivity index (χ4v) is 3.49. The van der Waals surface area contributed by atoms with Gasteiger partial charge in [-0.15, -0.1) is 24.0 Å². The van der Waals surface area contributed by atoms with Crippen molar-refractivity contribution in [3.8, 4) is 5.75 Å². The summed E-state index contributed by atoms with van der Waals surface area (Å²) in [5.41, 5.74) is 1.65. The zero-order valence-electron chi connectivity index (χ0n) is 17.5. The van der Waals surface area contributed by atoms with Gasteiger partial charge in [0.05, 0.1) is 11.4 Å². The van der Waals surface area contributed by atoms with E-state index in [2.05, 4.69) is 19.8 Å². The molecule has 0 radical (unpaired) electrons. The van der Waals surface area contributed by atoms with Crippen molar-refractivity contribution in [2.24, 2.45) is 4.99 Å². The number of rotatable bonds is 9. The number of benzene rings is 2. The number of halogens is 3. The summed E-state index contributed by atoms with van der Waals surface area (Å²) in [4.78, 5) is 6.65. The van der Waals surface area contributed by atoms with Crippen LogP contribution in [-0.4, -0.2) is 46.5 Å². The molecule has 0 bridgehead atoms. The number of hydrogen-bond acceptors (Lipinski definition) is 4. The molecule has 0 aliphatic rings. The molecule has 2 N–H and O–H groups in total. The van der Waals surface area contributed by atoms with Crippen LogP contribution in [0.15, 0.2) is 58.4 Å². The highest BCUT2D eigenvalue weighted by molar-refractivity contribution is 14.0. The van der Waals surface area contributed by atoms with E-state index in [1.54, 1.807) is 24.3 Å². The molecule has 0 saturated heterocycles. The predicted molar refractivity (Wildman–Crippen MR) is 127 cm³/mol. The smallest absolute Gasteiger partial charge is 0.387 e. The topological polar surface area (TPSA) is 83.0 Å². The van der Waals surface area contributed by atoms with Crippen LogP contribution in [0.2, 0.25) is 0 Å². The maximum Gasteiger partial charge on any atom is 0.387 e. The van der Waals surface area contributed by atoms with Gasteiger partial charge in [0.25, 0.3) is 0 Å². The number of nitrogens with zero attached hydrogens (tertiary/aromatic N) is 2. The van der Waals surface area contributed by atoms with E-state index in [9.17, 15) is 17.2 Å². The van der Waals surface area contributed by atoms with E-state index >= 15 is 0 Å². The largest absolute Gasteiger partial charge is 0.435 e. The predicted octanol–water partition coefficient (Wildman–Crippen LogP) is 3.41. The van der Waals surface area contributed by atoms with Crippen LogP contribution in [-0.2, 0) is 23.1 Å². The number of hydrogen-bond donors (Lipinski definition) is 2. The molecule has 31 heavy (non-hydrogen) atoms. The molecule has 7 nitrogen and oxygen atoms in total. The Morgan fingerprint density at radius 1 is 1.16 bits per heavy atom. The van der Waals surface area contributed by atoms with Gasteiger partial charge < -0.3 is 15.0 Å². The molecule has 2 rings (SSSR count). The van der Waals surface area contributed by atoms with Crippen molar-refractivity contribution in [3.63, 3.8) is 0 Å². The molecule has 2 aromatic carbocycles. The van der Waals surface area contributed by atoms with Crippen molar-refractivity contribution in [3.05, 3.63) is 59.7 Å². The highest BCUT2D eigenvalue weighted by Gasteiger charge is 2.12. The zero-order chi connectivity index (χ0) is 22.1. The molecule has 0 aromatic heterocycles. The van der Waals surface area contributed by atoms with E-state index in [0.717, 1.165) is 11.1 Å². The average molecular weight is 568 g/mol. The van der Waals surface area contributed by atoms with Gasteiger partial charge in [-0.05, 0) is 49.4 Å². The first kappa shape index (κ1) is 27.0. The monoisotopic (exact) mass is 568 g/mol. The minimum absolute atomic E-state index is 0. The van der Waals surface area contributed by atoms with E-state index in [4.69, 9.17) is 0 Å². The van der Waals surface area contributed by atoms with E-state index < -0.39 is 16.6 Å².